The van der Waals surface area contributed by atoms with Gasteiger partial charge in [-0.2, -0.15) is 0 Å². The molecule has 2 fully saturated rings. The molecule has 2 aliphatic heterocycles. The summed E-state index contributed by atoms with van der Waals surface area (Å²) in [5, 5.41) is 14.0. The van der Waals surface area contributed by atoms with Crippen LogP contribution in [0.15, 0.2) is 0 Å². The van der Waals surface area contributed by atoms with Crippen LogP contribution in [0.2, 0.25) is 0 Å². The first-order chi connectivity index (χ1) is 6.68. The van der Waals surface area contributed by atoms with Crippen LogP contribution in [-0.4, -0.2) is 47.3 Å². The Kier molecular flexibility index (Phi) is 2.82. The molecule has 0 aliphatic carbocycles. The van der Waals surface area contributed by atoms with E-state index in [9.17, 15) is 5.11 Å². The maximum atomic E-state index is 10.7. The van der Waals surface area contributed by atoms with Crippen LogP contribution in [0.25, 0.3) is 0 Å². The van der Waals surface area contributed by atoms with Gasteiger partial charge >= 0.3 is 0 Å². The van der Waals surface area contributed by atoms with E-state index in [1.807, 2.05) is 0 Å². The van der Waals surface area contributed by atoms with Crippen LogP contribution in [-0.2, 0) is 0 Å². The Morgan fingerprint density at radius 1 is 1.57 bits per heavy atom. The molecule has 2 heterocycles. The number of fused-ring (bicyclic) bond motifs is 1. The van der Waals surface area contributed by atoms with Crippen LogP contribution in [0.4, 0.5) is 0 Å². The van der Waals surface area contributed by atoms with E-state index >= 15 is 0 Å². The largest absolute Gasteiger partial charge is 0.387 e. The summed E-state index contributed by atoms with van der Waals surface area (Å²) in [7, 11) is 0. The topological polar surface area (TPSA) is 35.5 Å². The van der Waals surface area contributed by atoms with Gasteiger partial charge in [0, 0.05) is 18.6 Å². The van der Waals surface area contributed by atoms with E-state index in [1.54, 1.807) is 0 Å². The van der Waals surface area contributed by atoms with Crippen molar-refractivity contribution in [1.82, 2.24) is 10.2 Å². The maximum Gasteiger partial charge on any atom is 0.0963 e. The fourth-order valence-electron chi connectivity index (χ4n) is 3.14. The number of hydrogen-bond donors (Lipinski definition) is 2. The molecule has 14 heavy (non-hydrogen) atoms. The molecule has 0 aromatic rings. The predicted octanol–water partition coefficient (Wildman–Crippen LogP) is 0.584. The molecule has 2 N–H and O–H groups in total. The Labute approximate surface area is 86.5 Å². The van der Waals surface area contributed by atoms with Gasteiger partial charge in [0.25, 0.3) is 0 Å². The first kappa shape index (κ1) is 10.4. The van der Waals surface area contributed by atoms with Crippen LogP contribution in [0, 0.1) is 0 Å². The number of likely N-dealkylation sites (N-methyl/N-ethyl adjacent to an activating group) is 1. The molecule has 3 atom stereocenters. The van der Waals surface area contributed by atoms with Crippen molar-refractivity contribution in [3.63, 3.8) is 0 Å². The Morgan fingerprint density at radius 3 is 3.07 bits per heavy atom. The third-order valence-corrected chi connectivity index (χ3v) is 4.00. The van der Waals surface area contributed by atoms with Crippen molar-refractivity contribution >= 4 is 0 Å². The van der Waals surface area contributed by atoms with E-state index in [-0.39, 0.29) is 6.04 Å². The fourth-order valence-corrected chi connectivity index (χ4v) is 3.14. The van der Waals surface area contributed by atoms with E-state index in [4.69, 9.17) is 0 Å². The molecule has 2 aliphatic rings. The quantitative estimate of drug-likeness (QED) is 0.696. The van der Waals surface area contributed by atoms with Crippen molar-refractivity contribution in [3.8, 4) is 0 Å². The second-order valence-electron chi connectivity index (χ2n) is 4.71. The summed E-state index contributed by atoms with van der Waals surface area (Å²) in [6.45, 7) is 7.42. The lowest BCUT2D eigenvalue weighted by atomic mass is 9.86. The zero-order valence-corrected chi connectivity index (χ0v) is 9.29. The fraction of sp³-hybridized carbons (Fsp3) is 1.00. The highest BCUT2D eigenvalue weighted by atomic mass is 16.3. The Morgan fingerprint density at radius 2 is 2.36 bits per heavy atom. The number of nitrogens with zero attached hydrogens (tertiary/aromatic N) is 1. The summed E-state index contributed by atoms with van der Waals surface area (Å²) in [6, 6.07) is 0.636. The van der Waals surface area contributed by atoms with Gasteiger partial charge in [0.2, 0.25) is 0 Å². The zero-order chi connectivity index (χ0) is 10.2. The van der Waals surface area contributed by atoms with Crippen LogP contribution in [0.3, 0.4) is 0 Å². The number of hydrogen-bond acceptors (Lipinski definition) is 3. The molecule has 0 radical (unpaired) electrons. The van der Waals surface area contributed by atoms with E-state index < -0.39 is 5.60 Å². The minimum absolute atomic E-state index is 0.223. The molecule has 82 valence electrons. The zero-order valence-electron chi connectivity index (χ0n) is 9.29. The first-order valence-electron chi connectivity index (χ1n) is 5.88. The third-order valence-electron chi connectivity index (χ3n) is 4.00. The highest BCUT2D eigenvalue weighted by Crippen LogP contribution is 2.37. The van der Waals surface area contributed by atoms with Crippen molar-refractivity contribution in [2.45, 2.75) is 50.8 Å². The van der Waals surface area contributed by atoms with Crippen LogP contribution < -0.4 is 5.32 Å². The summed E-state index contributed by atoms with van der Waals surface area (Å²) in [4.78, 5) is 2.45. The third kappa shape index (κ3) is 1.47. The normalized spacial score (nSPS) is 40.1. The lowest BCUT2D eigenvalue weighted by Crippen LogP contribution is -2.55. The maximum absolute atomic E-state index is 10.7. The smallest absolute Gasteiger partial charge is 0.0963 e. The summed E-state index contributed by atoms with van der Waals surface area (Å²) in [5.41, 5.74) is -0.480. The van der Waals surface area contributed by atoms with Gasteiger partial charge in [-0.25, -0.2) is 0 Å². The molecule has 0 bridgehead atoms. The standard InChI is InChI=1S/C11H22N2O/c1-3-12-9(2)11(14)6-8-13-7-4-5-10(11)13/h9-10,12,14H,3-8H2,1-2H3. The summed E-state index contributed by atoms with van der Waals surface area (Å²) in [5.74, 6) is 0. The second-order valence-corrected chi connectivity index (χ2v) is 4.71. The molecule has 3 nitrogen and oxygen atoms in total. The molecule has 0 aromatic heterocycles. The predicted molar refractivity (Wildman–Crippen MR) is 57.3 cm³/mol. The lowest BCUT2D eigenvalue weighted by Gasteiger charge is -2.36. The molecule has 0 aromatic carbocycles. The Hall–Kier alpha value is -0.120. The molecular weight excluding hydrogens is 176 g/mol. The molecule has 0 saturated carbocycles. The van der Waals surface area contributed by atoms with Gasteiger partial charge in [-0.15, -0.1) is 0 Å². The monoisotopic (exact) mass is 198 g/mol. The number of nitrogens with one attached hydrogen (secondary N) is 1. The highest BCUT2D eigenvalue weighted by molar-refractivity contribution is 5.07. The van der Waals surface area contributed by atoms with Gasteiger partial charge in [-0.05, 0) is 39.3 Å². The summed E-state index contributed by atoms with van der Waals surface area (Å²) in [6.07, 6.45) is 3.36. The average molecular weight is 198 g/mol. The highest BCUT2D eigenvalue weighted by Gasteiger charge is 2.50. The minimum atomic E-state index is -0.480. The van der Waals surface area contributed by atoms with Crippen LogP contribution >= 0.6 is 0 Å². The Bertz CT molecular complexity index is 209. The van der Waals surface area contributed by atoms with E-state index in [0.29, 0.717) is 6.04 Å². The van der Waals surface area contributed by atoms with Crippen molar-refractivity contribution in [3.05, 3.63) is 0 Å². The molecule has 3 unspecified atom stereocenters. The molecule has 3 heteroatoms. The molecule has 0 spiro atoms. The number of aliphatic hydroxyl groups is 1. The van der Waals surface area contributed by atoms with Gasteiger partial charge in [0.1, 0.15) is 0 Å². The summed E-state index contributed by atoms with van der Waals surface area (Å²) >= 11 is 0. The average Bonchev–Trinajstić information content (AvgIpc) is 2.71. The molecule has 0 amide bonds. The van der Waals surface area contributed by atoms with Crippen LogP contribution in [0.1, 0.15) is 33.1 Å². The Balaban J connectivity index is 2.07. The van der Waals surface area contributed by atoms with Crippen molar-refractivity contribution < 1.29 is 5.11 Å². The van der Waals surface area contributed by atoms with Crippen molar-refractivity contribution in [2.24, 2.45) is 0 Å². The lowest BCUT2D eigenvalue weighted by molar-refractivity contribution is -0.0153. The van der Waals surface area contributed by atoms with E-state index in [2.05, 4.69) is 24.1 Å². The molecular formula is C11H22N2O. The first-order valence-corrected chi connectivity index (χ1v) is 5.88. The molecule has 2 saturated heterocycles. The van der Waals surface area contributed by atoms with E-state index in [1.165, 1.54) is 19.4 Å². The van der Waals surface area contributed by atoms with Gasteiger partial charge in [-0.3, -0.25) is 4.90 Å². The van der Waals surface area contributed by atoms with E-state index in [0.717, 1.165) is 19.5 Å². The van der Waals surface area contributed by atoms with Crippen LogP contribution in [0.5, 0.6) is 0 Å². The number of rotatable bonds is 3. The molecule has 2 rings (SSSR count). The van der Waals surface area contributed by atoms with Crippen molar-refractivity contribution in [2.75, 3.05) is 19.6 Å². The van der Waals surface area contributed by atoms with Crippen molar-refractivity contribution in [1.29, 1.82) is 0 Å². The SMILES string of the molecule is CCNC(C)C1(O)CCN2CCCC21. The van der Waals surface area contributed by atoms with Gasteiger partial charge in [0.15, 0.2) is 0 Å². The van der Waals surface area contributed by atoms with Gasteiger partial charge < -0.3 is 10.4 Å². The van der Waals surface area contributed by atoms with Gasteiger partial charge in [-0.1, -0.05) is 6.92 Å². The van der Waals surface area contributed by atoms with Gasteiger partial charge in [0.05, 0.1) is 5.60 Å². The second kappa shape index (κ2) is 3.80. The summed E-state index contributed by atoms with van der Waals surface area (Å²) < 4.78 is 0. The minimum Gasteiger partial charge on any atom is -0.387 e.